The first-order chi connectivity index (χ1) is 15.5. The number of ether oxygens (including phenoxy) is 2. The molecule has 3 aromatic rings. The number of halogens is 1. The van der Waals surface area contributed by atoms with Crippen molar-refractivity contribution in [3.8, 4) is 11.5 Å². The van der Waals surface area contributed by atoms with Gasteiger partial charge >= 0.3 is 0 Å². The van der Waals surface area contributed by atoms with Gasteiger partial charge in [0.05, 0.1) is 26.7 Å². The van der Waals surface area contributed by atoms with Crippen molar-refractivity contribution < 1.29 is 23.5 Å². The maximum atomic E-state index is 13.2. The van der Waals surface area contributed by atoms with E-state index < -0.39 is 6.04 Å². The third-order valence-corrected chi connectivity index (χ3v) is 5.52. The van der Waals surface area contributed by atoms with Crippen LogP contribution < -0.4 is 14.8 Å². The minimum absolute atomic E-state index is 0.0204. The molecule has 0 saturated carbocycles. The van der Waals surface area contributed by atoms with E-state index in [2.05, 4.69) is 5.32 Å². The first kappa shape index (κ1) is 21.4. The second-order valence-corrected chi connectivity index (χ2v) is 7.48. The summed E-state index contributed by atoms with van der Waals surface area (Å²) < 4.78 is 23.9. The molecule has 2 amide bonds. The highest BCUT2D eigenvalue weighted by Gasteiger charge is 2.34. The number of rotatable bonds is 7. The van der Waals surface area contributed by atoms with Crippen LogP contribution in [-0.2, 0) is 11.3 Å². The molecule has 3 aromatic carbocycles. The van der Waals surface area contributed by atoms with E-state index in [1.54, 1.807) is 30.2 Å². The number of amides is 2. The molecule has 32 heavy (non-hydrogen) atoms. The quantitative estimate of drug-likeness (QED) is 0.592. The van der Waals surface area contributed by atoms with Gasteiger partial charge in [0, 0.05) is 17.8 Å². The normalized spacial score (nSPS) is 13.5. The van der Waals surface area contributed by atoms with Gasteiger partial charge < -0.3 is 19.7 Å². The SMILES string of the molecule is COc1ccc([C@H](CC(=O)Nc2ccc(F)cc2)N2Cc3ccccc3C2=O)cc1OC. The molecule has 1 aliphatic rings. The molecular weight excluding hydrogens is 411 g/mol. The lowest BCUT2D eigenvalue weighted by atomic mass is 10.0. The number of nitrogens with zero attached hydrogens (tertiary/aromatic N) is 1. The topological polar surface area (TPSA) is 67.9 Å². The van der Waals surface area contributed by atoms with Crippen LogP contribution in [0.25, 0.3) is 0 Å². The fraction of sp³-hybridized carbons (Fsp3) is 0.200. The van der Waals surface area contributed by atoms with E-state index >= 15 is 0 Å². The van der Waals surface area contributed by atoms with E-state index in [0.29, 0.717) is 29.3 Å². The van der Waals surface area contributed by atoms with E-state index in [4.69, 9.17) is 9.47 Å². The molecule has 4 rings (SSSR count). The van der Waals surface area contributed by atoms with Crippen LogP contribution in [0.15, 0.2) is 66.7 Å². The fourth-order valence-electron chi connectivity index (χ4n) is 3.92. The molecule has 7 heteroatoms. The van der Waals surface area contributed by atoms with Crippen LogP contribution in [0, 0.1) is 5.82 Å². The monoisotopic (exact) mass is 434 g/mol. The number of nitrogens with one attached hydrogen (secondary N) is 1. The van der Waals surface area contributed by atoms with Crippen molar-refractivity contribution in [2.24, 2.45) is 0 Å². The van der Waals surface area contributed by atoms with Crippen molar-refractivity contribution in [2.45, 2.75) is 19.0 Å². The van der Waals surface area contributed by atoms with Gasteiger partial charge in [0.2, 0.25) is 5.91 Å². The van der Waals surface area contributed by atoms with Gasteiger partial charge in [-0.25, -0.2) is 4.39 Å². The lowest BCUT2D eigenvalue weighted by Crippen LogP contribution is -2.32. The molecule has 1 atom stereocenters. The van der Waals surface area contributed by atoms with E-state index in [1.165, 1.54) is 31.4 Å². The van der Waals surface area contributed by atoms with E-state index in [-0.39, 0.29) is 24.1 Å². The molecule has 1 N–H and O–H groups in total. The summed E-state index contributed by atoms with van der Waals surface area (Å²) in [5.74, 6) is 0.265. The van der Waals surface area contributed by atoms with Crippen LogP contribution >= 0.6 is 0 Å². The highest BCUT2D eigenvalue weighted by molar-refractivity contribution is 5.99. The number of fused-ring (bicyclic) bond motifs is 1. The standard InChI is InChI=1S/C25H23FN2O4/c1-31-22-12-7-16(13-23(22)32-2)21(14-24(29)27-19-10-8-18(26)9-11-19)28-15-17-5-3-4-6-20(17)25(28)30/h3-13,21H,14-15H2,1-2H3,(H,27,29)/t21-/m0/s1. The smallest absolute Gasteiger partial charge is 0.255 e. The van der Waals surface area contributed by atoms with Crippen LogP contribution in [-0.4, -0.2) is 30.9 Å². The van der Waals surface area contributed by atoms with Crippen LogP contribution in [0.1, 0.15) is 33.9 Å². The van der Waals surface area contributed by atoms with Crippen molar-refractivity contribution >= 4 is 17.5 Å². The van der Waals surface area contributed by atoms with Crippen molar-refractivity contribution in [3.05, 3.63) is 89.2 Å². The maximum Gasteiger partial charge on any atom is 0.255 e. The average Bonchev–Trinajstić information content (AvgIpc) is 3.15. The first-order valence-corrected chi connectivity index (χ1v) is 10.2. The summed E-state index contributed by atoms with van der Waals surface area (Å²) in [6.07, 6.45) is 0.0204. The van der Waals surface area contributed by atoms with Crippen LogP contribution in [0.2, 0.25) is 0 Å². The summed E-state index contributed by atoms with van der Waals surface area (Å²) >= 11 is 0. The summed E-state index contributed by atoms with van der Waals surface area (Å²) in [5.41, 5.74) is 2.79. The zero-order chi connectivity index (χ0) is 22.7. The predicted molar refractivity (Wildman–Crippen MR) is 118 cm³/mol. The van der Waals surface area contributed by atoms with Gasteiger partial charge in [0.1, 0.15) is 5.82 Å². The Labute approximate surface area is 185 Å². The highest BCUT2D eigenvalue weighted by atomic mass is 19.1. The molecule has 0 aliphatic carbocycles. The lowest BCUT2D eigenvalue weighted by molar-refractivity contribution is -0.117. The number of anilines is 1. The van der Waals surface area contributed by atoms with Gasteiger partial charge in [-0.2, -0.15) is 0 Å². The summed E-state index contributed by atoms with van der Waals surface area (Å²) in [5, 5.41) is 2.78. The Bertz CT molecular complexity index is 1150. The molecule has 1 heterocycles. The van der Waals surface area contributed by atoms with E-state index in [1.807, 2.05) is 24.3 Å². The largest absolute Gasteiger partial charge is 0.493 e. The number of hydrogen-bond acceptors (Lipinski definition) is 4. The first-order valence-electron chi connectivity index (χ1n) is 10.2. The minimum Gasteiger partial charge on any atom is -0.493 e. The van der Waals surface area contributed by atoms with Gasteiger partial charge in [-0.3, -0.25) is 9.59 Å². The average molecular weight is 434 g/mol. The predicted octanol–water partition coefficient (Wildman–Crippen LogP) is 4.57. The summed E-state index contributed by atoms with van der Waals surface area (Å²) in [7, 11) is 3.08. The van der Waals surface area contributed by atoms with Crippen LogP contribution in [0.5, 0.6) is 11.5 Å². The number of carbonyl (C=O) groups is 2. The minimum atomic E-state index is -0.532. The van der Waals surface area contributed by atoms with Crippen LogP contribution in [0.4, 0.5) is 10.1 Å². The van der Waals surface area contributed by atoms with Crippen LogP contribution in [0.3, 0.4) is 0 Å². The zero-order valence-corrected chi connectivity index (χ0v) is 17.8. The number of hydrogen-bond donors (Lipinski definition) is 1. The second kappa shape index (κ2) is 9.09. The van der Waals surface area contributed by atoms with E-state index in [9.17, 15) is 14.0 Å². The maximum absolute atomic E-state index is 13.2. The van der Waals surface area contributed by atoms with E-state index in [0.717, 1.165) is 11.1 Å². The van der Waals surface area contributed by atoms with Crippen molar-refractivity contribution in [2.75, 3.05) is 19.5 Å². The summed E-state index contributed by atoms with van der Waals surface area (Å²) in [4.78, 5) is 27.7. The number of benzene rings is 3. The Kier molecular flexibility index (Phi) is 6.07. The molecule has 0 aromatic heterocycles. The molecule has 6 nitrogen and oxygen atoms in total. The molecule has 0 spiro atoms. The number of methoxy groups -OCH3 is 2. The third kappa shape index (κ3) is 4.27. The highest BCUT2D eigenvalue weighted by Crippen LogP contribution is 2.37. The molecule has 0 unspecified atom stereocenters. The molecule has 0 saturated heterocycles. The van der Waals surface area contributed by atoms with Crippen molar-refractivity contribution in [1.82, 2.24) is 4.90 Å². The Morgan fingerprint density at radius 3 is 2.44 bits per heavy atom. The van der Waals surface area contributed by atoms with Gasteiger partial charge in [0.25, 0.3) is 5.91 Å². The molecular formula is C25H23FN2O4. The van der Waals surface area contributed by atoms with Gasteiger partial charge in [-0.05, 0) is 53.6 Å². The number of carbonyl (C=O) groups excluding carboxylic acids is 2. The fourth-order valence-corrected chi connectivity index (χ4v) is 3.92. The molecule has 0 bridgehead atoms. The third-order valence-electron chi connectivity index (χ3n) is 5.52. The molecule has 0 radical (unpaired) electrons. The Hall–Kier alpha value is -3.87. The molecule has 164 valence electrons. The molecule has 1 aliphatic heterocycles. The Morgan fingerprint density at radius 1 is 1.03 bits per heavy atom. The van der Waals surface area contributed by atoms with Gasteiger partial charge in [0.15, 0.2) is 11.5 Å². The molecule has 0 fully saturated rings. The van der Waals surface area contributed by atoms with Crippen molar-refractivity contribution in [1.29, 1.82) is 0 Å². The summed E-state index contributed by atoms with van der Waals surface area (Å²) in [6.45, 7) is 0.401. The summed E-state index contributed by atoms with van der Waals surface area (Å²) in [6, 6.07) is 17.8. The van der Waals surface area contributed by atoms with Crippen molar-refractivity contribution in [3.63, 3.8) is 0 Å². The lowest BCUT2D eigenvalue weighted by Gasteiger charge is -2.28. The van der Waals surface area contributed by atoms with Gasteiger partial charge in [-0.1, -0.05) is 24.3 Å². The Morgan fingerprint density at radius 2 is 1.75 bits per heavy atom. The zero-order valence-electron chi connectivity index (χ0n) is 17.8. The van der Waals surface area contributed by atoms with Gasteiger partial charge in [-0.15, -0.1) is 0 Å². The second-order valence-electron chi connectivity index (χ2n) is 7.48. The Balaban J connectivity index is 1.65.